The van der Waals surface area contributed by atoms with Crippen molar-refractivity contribution < 1.29 is 13.2 Å². The number of benzene rings is 2. The smallest absolute Gasteiger partial charge is 0.194 e. The van der Waals surface area contributed by atoms with Gasteiger partial charge in [0.25, 0.3) is 0 Å². The van der Waals surface area contributed by atoms with Gasteiger partial charge in [-0.3, -0.25) is 0 Å². The molecule has 2 fully saturated rings. The summed E-state index contributed by atoms with van der Waals surface area (Å²) < 4.78 is 40.3. The minimum atomic E-state index is -1.41. The van der Waals surface area contributed by atoms with Crippen molar-refractivity contribution in [2.24, 2.45) is 5.92 Å². The summed E-state index contributed by atoms with van der Waals surface area (Å²) in [4.78, 5) is 0. The molecule has 2 aromatic rings. The third kappa shape index (κ3) is 4.85. The Labute approximate surface area is 180 Å². The second-order valence-electron chi connectivity index (χ2n) is 9.56. The summed E-state index contributed by atoms with van der Waals surface area (Å²) in [7, 11) is -0.611. The zero-order valence-electron chi connectivity index (χ0n) is 18.0. The van der Waals surface area contributed by atoms with Crippen LogP contribution in [-0.2, 0) is 0 Å². The lowest BCUT2D eigenvalue weighted by Crippen LogP contribution is -2.29. The molecule has 2 aromatic carbocycles. The predicted octanol–water partition coefficient (Wildman–Crippen LogP) is 8.24. The molecule has 0 bridgehead atoms. The Morgan fingerprint density at radius 3 is 1.97 bits per heavy atom. The van der Waals surface area contributed by atoms with E-state index in [-0.39, 0.29) is 0 Å². The molecule has 1 saturated heterocycles. The van der Waals surface area contributed by atoms with Crippen LogP contribution >= 0.6 is 0 Å². The Balaban J connectivity index is 1.33. The Morgan fingerprint density at radius 2 is 1.40 bits per heavy atom. The zero-order valence-corrected chi connectivity index (χ0v) is 19.1. The molecule has 1 aliphatic heterocycles. The van der Waals surface area contributed by atoms with E-state index in [0.717, 1.165) is 29.2 Å². The molecule has 1 heterocycles. The highest BCUT2D eigenvalue weighted by molar-refractivity contribution is 6.60. The summed E-state index contributed by atoms with van der Waals surface area (Å²) in [6, 6.07) is 13.1. The molecule has 2 aliphatic rings. The minimum absolute atomic E-state index is 0.382. The second-order valence-corrected chi connectivity index (χ2v) is 13.2. The molecule has 1 saturated carbocycles. The van der Waals surface area contributed by atoms with E-state index in [0.29, 0.717) is 11.5 Å². The van der Waals surface area contributed by atoms with E-state index in [9.17, 15) is 13.2 Å². The van der Waals surface area contributed by atoms with Crippen LogP contribution in [0.15, 0.2) is 36.4 Å². The average molecular weight is 431 g/mol. The fourth-order valence-corrected chi connectivity index (χ4v) is 10.2. The first-order chi connectivity index (χ1) is 14.5. The highest BCUT2D eigenvalue weighted by atomic mass is 28.3. The maximum absolute atomic E-state index is 13.5. The van der Waals surface area contributed by atoms with Crippen molar-refractivity contribution in [2.45, 2.75) is 81.8 Å². The first-order valence-electron chi connectivity index (χ1n) is 11.8. The van der Waals surface area contributed by atoms with E-state index in [1.807, 2.05) is 12.1 Å². The van der Waals surface area contributed by atoms with Crippen molar-refractivity contribution in [1.82, 2.24) is 0 Å². The summed E-state index contributed by atoms with van der Waals surface area (Å²) in [5.74, 6) is -2.07. The number of hydrogen-bond donors (Lipinski definition) is 0. The molecule has 30 heavy (non-hydrogen) atoms. The topological polar surface area (TPSA) is 0 Å². The van der Waals surface area contributed by atoms with Gasteiger partial charge in [-0.05, 0) is 59.0 Å². The van der Waals surface area contributed by atoms with Crippen molar-refractivity contribution in [3.05, 3.63) is 59.4 Å². The molecule has 162 valence electrons. The molecule has 0 unspecified atom stereocenters. The van der Waals surface area contributed by atoms with Crippen LogP contribution < -0.4 is 0 Å². The lowest BCUT2D eigenvalue weighted by molar-refractivity contribution is 0.332. The Hall–Kier alpha value is -1.55. The van der Waals surface area contributed by atoms with Gasteiger partial charge in [0.1, 0.15) is 0 Å². The van der Waals surface area contributed by atoms with Crippen molar-refractivity contribution in [2.75, 3.05) is 0 Å². The second kappa shape index (κ2) is 9.72. The first-order valence-corrected chi connectivity index (χ1v) is 14.1. The predicted molar refractivity (Wildman–Crippen MR) is 121 cm³/mol. The minimum Gasteiger partial charge on any atom is -0.204 e. The van der Waals surface area contributed by atoms with Gasteiger partial charge in [-0.25, -0.2) is 13.2 Å². The maximum atomic E-state index is 13.5. The lowest BCUT2D eigenvalue weighted by Gasteiger charge is -2.37. The monoisotopic (exact) mass is 430 g/mol. The van der Waals surface area contributed by atoms with Crippen LogP contribution in [0.5, 0.6) is 0 Å². The van der Waals surface area contributed by atoms with Crippen LogP contribution in [0, 0.1) is 23.4 Å². The summed E-state index contributed by atoms with van der Waals surface area (Å²) in [5.41, 5.74) is 3.52. The highest BCUT2D eigenvalue weighted by Crippen LogP contribution is 2.44. The SMILES string of the molecule is CCCC1CCC([Si@H]2CC[C@H](c3ccc(-c4cc(F)c(F)c(F)c4)cc3)CC2)CC1. The van der Waals surface area contributed by atoms with Gasteiger partial charge in [-0.2, -0.15) is 0 Å². The van der Waals surface area contributed by atoms with Gasteiger partial charge in [0.05, 0.1) is 0 Å². The normalized spacial score (nSPS) is 27.2. The molecule has 0 amide bonds. The van der Waals surface area contributed by atoms with Crippen molar-refractivity contribution >= 4 is 8.80 Å². The summed E-state index contributed by atoms with van der Waals surface area (Å²) >= 11 is 0. The van der Waals surface area contributed by atoms with Crippen LogP contribution in [0.4, 0.5) is 13.2 Å². The molecular weight excluding hydrogens is 397 g/mol. The van der Waals surface area contributed by atoms with Gasteiger partial charge in [0.15, 0.2) is 17.5 Å². The molecular formula is C26H33F3Si. The average Bonchev–Trinajstić information content (AvgIpc) is 2.78. The van der Waals surface area contributed by atoms with Gasteiger partial charge in [-0.1, -0.05) is 81.8 Å². The van der Waals surface area contributed by atoms with Crippen LogP contribution in [0.1, 0.15) is 69.8 Å². The quantitative estimate of drug-likeness (QED) is 0.331. The number of hydrogen-bond acceptors (Lipinski definition) is 0. The molecule has 0 atom stereocenters. The van der Waals surface area contributed by atoms with Gasteiger partial charge in [0.2, 0.25) is 0 Å². The molecule has 0 radical (unpaired) electrons. The van der Waals surface area contributed by atoms with E-state index in [1.165, 1.54) is 69.0 Å². The van der Waals surface area contributed by atoms with Gasteiger partial charge >= 0.3 is 0 Å². The molecule has 0 aromatic heterocycles. The zero-order chi connectivity index (χ0) is 21.1. The third-order valence-corrected chi connectivity index (χ3v) is 11.9. The first kappa shape index (κ1) is 21.7. The van der Waals surface area contributed by atoms with Crippen molar-refractivity contribution in [1.29, 1.82) is 0 Å². The molecule has 0 N–H and O–H groups in total. The van der Waals surface area contributed by atoms with Gasteiger partial charge in [0, 0.05) is 8.80 Å². The molecule has 4 rings (SSSR count). The van der Waals surface area contributed by atoms with Crippen LogP contribution in [0.2, 0.25) is 17.6 Å². The third-order valence-electron chi connectivity index (χ3n) is 7.73. The van der Waals surface area contributed by atoms with E-state index in [4.69, 9.17) is 0 Å². The Bertz CT molecular complexity index is 809. The largest absolute Gasteiger partial charge is 0.204 e. The van der Waals surface area contributed by atoms with Crippen LogP contribution in [0.3, 0.4) is 0 Å². The van der Waals surface area contributed by atoms with Crippen LogP contribution in [0.25, 0.3) is 11.1 Å². The van der Waals surface area contributed by atoms with Gasteiger partial charge in [-0.15, -0.1) is 0 Å². The molecule has 0 spiro atoms. The van der Waals surface area contributed by atoms with E-state index >= 15 is 0 Å². The highest BCUT2D eigenvalue weighted by Gasteiger charge is 2.32. The van der Waals surface area contributed by atoms with E-state index in [1.54, 1.807) is 0 Å². The number of rotatable bonds is 5. The molecule has 0 nitrogen and oxygen atoms in total. The van der Waals surface area contributed by atoms with Gasteiger partial charge < -0.3 is 0 Å². The van der Waals surface area contributed by atoms with E-state index in [2.05, 4.69) is 19.1 Å². The fraction of sp³-hybridized carbons (Fsp3) is 0.538. The molecule has 1 aliphatic carbocycles. The van der Waals surface area contributed by atoms with Crippen molar-refractivity contribution in [3.63, 3.8) is 0 Å². The maximum Gasteiger partial charge on any atom is 0.194 e. The Morgan fingerprint density at radius 1 is 0.800 bits per heavy atom. The van der Waals surface area contributed by atoms with E-state index < -0.39 is 26.2 Å². The molecule has 4 heteroatoms. The standard InChI is InChI=1S/C26H33F3Si/c1-2-3-18-4-10-23(11-5-18)30-14-12-21(13-15-30)19-6-8-20(9-7-19)22-16-24(27)26(29)25(28)17-22/h6-9,16-18,21,23,30H,2-5,10-15H2,1H3/t18?,21-,23?,30-. The van der Waals surface area contributed by atoms with Crippen molar-refractivity contribution in [3.8, 4) is 11.1 Å². The fourth-order valence-electron chi connectivity index (χ4n) is 5.95. The summed E-state index contributed by atoms with van der Waals surface area (Å²) in [6.07, 6.45) is 11.3. The number of halogens is 3. The van der Waals surface area contributed by atoms with Crippen LogP contribution in [-0.4, -0.2) is 8.80 Å². The summed E-state index contributed by atoms with van der Waals surface area (Å²) in [5, 5.41) is 0. The lowest BCUT2D eigenvalue weighted by atomic mass is 9.86. The Kier molecular flexibility index (Phi) is 7.02. The summed E-state index contributed by atoms with van der Waals surface area (Å²) in [6.45, 7) is 2.31.